The highest BCUT2D eigenvalue weighted by Gasteiger charge is 2.53. The standard InChI is InChI=1S/C13H16N2O2S.C11H16N2O3/c1-2-8-13(9-6-4-3-5-7-9)10(16)14-12(18)15-11(13)17;1-4-6-11(7(3)5-2)8(14)12-10(16)13-9(11)15/h2,4,6,9H,1,3,5,7-8H2,(H2,14,15,16,17,18);4,7H,1,5-6H2,2-3H3,(H2,12,13,14,15,16). The second kappa shape index (κ2) is 11.3. The molecule has 0 spiro atoms. The van der Waals surface area contributed by atoms with E-state index in [1.165, 1.54) is 6.08 Å². The van der Waals surface area contributed by atoms with Gasteiger partial charge >= 0.3 is 6.03 Å². The van der Waals surface area contributed by atoms with Crippen molar-refractivity contribution in [3.05, 3.63) is 37.5 Å². The summed E-state index contributed by atoms with van der Waals surface area (Å²) < 4.78 is 0. The number of thiocarbonyl (C=S) groups is 1. The normalized spacial score (nSPS) is 23.9. The van der Waals surface area contributed by atoms with Crippen LogP contribution in [0.3, 0.4) is 0 Å². The van der Waals surface area contributed by atoms with Crippen LogP contribution in [-0.2, 0) is 19.2 Å². The minimum atomic E-state index is -1.20. The van der Waals surface area contributed by atoms with Crippen LogP contribution in [0.5, 0.6) is 0 Å². The molecule has 2 aliphatic heterocycles. The number of hydrogen-bond donors (Lipinski definition) is 4. The molecule has 2 heterocycles. The van der Waals surface area contributed by atoms with Crippen LogP contribution in [0.1, 0.15) is 52.4 Å². The van der Waals surface area contributed by atoms with Crippen molar-refractivity contribution in [2.24, 2.45) is 22.7 Å². The third-order valence-corrected chi connectivity index (χ3v) is 7.01. The van der Waals surface area contributed by atoms with E-state index in [1.54, 1.807) is 6.08 Å². The van der Waals surface area contributed by atoms with Crippen LogP contribution in [0.25, 0.3) is 0 Å². The maximum absolute atomic E-state index is 12.3. The largest absolute Gasteiger partial charge is 0.328 e. The van der Waals surface area contributed by atoms with Crippen LogP contribution < -0.4 is 21.3 Å². The fourth-order valence-corrected chi connectivity index (χ4v) is 4.85. The average Bonchev–Trinajstić information content (AvgIpc) is 2.79. The fraction of sp³-hybridized carbons (Fsp3) is 0.500. The second-order valence-electron chi connectivity index (χ2n) is 8.68. The summed E-state index contributed by atoms with van der Waals surface area (Å²) >= 11 is 4.84. The number of carbonyl (C=O) groups excluding carboxylic acids is 5. The number of imide groups is 2. The van der Waals surface area contributed by atoms with Gasteiger partial charge in [0.2, 0.25) is 23.6 Å². The highest BCUT2D eigenvalue weighted by Crippen LogP contribution is 2.40. The maximum Gasteiger partial charge on any atom is 0.328 e. The molecule has 4 N–H and O–H groups in total. The molecule has 3 rings (SSSR count). The van der Waals surface area contributed by atoms with E-state index in [0.717, 1.165) is 19.3 Å². The lowest BCUT2D eigenvalue weighted by molar-refractivity contribution is -0.149. The van der Waals surface area contributed by atoms with Crippen molar-refractivity contribution in [2.75, 3.05) is 0 Å². The molecule has 1 aliphatic carbocycles. The molecule has 0 aromatic rings. The van der Waals surface area contributed by atoms with Gasteiger partial charge in [0.1, 0.15) is 10.8 Å². The summed E-state index contributed by atoms with van der Waals surface area (Å²) in [6.07, 6.45) is 11.2. The number of allylic oxidation sites excluding steroid dienone is 4. The zero-order valence-electron chi connectivity index (χ0n) is 19.6. The Hall–Kier alpha value is -3.14. The van der Waals surface area contributed by atoms with Gasteiger partial charge in [0.15, 0.2) is 5.11 Å². The topological polar surface area (TPSA) is 133 Å². The Morgan fingerprint density at radius 2 is 1.56 bits per heavy atom. The van der Waals surface area contributed by atoms with Crippen molar-refractivity contribution >= 4 is 47.0 Å². The predicted molar refractivity (Wildman–Crippen MR) is 131 cm³/mol. The van der Waals surface area contributed by atoms with E-state index in [0.29, 0.717) is 12.8 Å². The Balaban J connectivity index is 0.000000242. The molecule has 34 heavy (non-hydrogen) atoms. The van der Waals surface area contributed by atoms with Gasteiger partial charge in [0, 0.05) is 5.92 Å². The second-order valence-corrected chi connectivity index (χ2v) is 9.09. The summed E-state index contributed by atoms with van der Waals surface area (Å²) in [6.45, 7) is 10.9. The third-order valence-electron chi connectivity index (χ3n) is 6.80. The molecule has 0 radical (unpaired) electrons. The summed E-state index contributed by atoms with van der Waals surface area (Å²) in [7, 11) is 0. The first-order valence-corrected chi connectivity index (χ1v) is 11.7. The number of amides is 6. The molecule has 0 bridgehead atoms. The number of hydrogen-bond acceptors (Lipinski definition) is 6. The lowest BCUT2D eigenvalue weighted by Gasteiger charge is -2.40. The Morgan fingerprint density at radius 1 is 1.00 bits per heavy atom. The number of carbonyl (C=O) groups is 5. The van der Waals surface area contributed by atoms with Gasteiger partial charge in [-0.15, -0.1) is 13.2 Å². The lowest BCUT2D eigenvalue weighted by Crippen LogP contribution is -2.64. The lowest BCUT2D eigenvalue weighted by atomic mass is 9.67. The average molecular weight is 489 g/mol. The zero-order chi connectivity index (χ0) is 25.5. The number of rotatable bonds is 7. The Kier molecular flexibility index (Phi) is 9.03. The first-order chi connectivity index (χ1) is 16.1. The first-order valence-electron chi connectivity index (χ1n) is 11.3. The molecule has 10 heteroatoms. The fourth-order valence-electron chi connectivity index (χ4n) is 4.66. The third kappa shape index (κ3) is 5.01. The van der Waals surface area contributed by atoms with Gasteiger partial charge in [-0.05, 0) is 50.2 Å². The van der Waals surface area contributed by atoms with Crippen molar-refractivity contribution in [2.45, 2.75) is 52.4 Å². The van der Waals surface area contributed by atoms with Gasteiger partial charge in [0.25, 0.3) is 0 Å². The summed E-state index contributed by atoms with van der Waals surface area (Å²) in [5.41, 5.74) is -2.30. The Morgan fingerprint density at radius 3 is 2.00 bits per heavy atom. The van der Waals surface area contributed by atoms with Gasteiger partial charge in [-0.2, -0.15) is 0 Å². The van der Waals surface area contributed by atoms with Gasteiger partial charge in [-0.25, -0.2) is 4.79 Å². The van der Waals surface area contributed by atoms with E-state index in [9.17, 15) is 24.0 Å². The monoisotopic (exact) mass is 488 g/mol. The minimum absolute atomic E-state index is 0.0875. The highest BCUT2D eigenvalue weighted by atomic mass is 32.1. The van der Waals surface area contributed by atoms with Gasteiger partial charge < -0.3 is 10.6 Å². The van der Waals surface area contributed by atoms with Gasteiger partial charge in [0.05, 0.1) is 0 Å². The molecule has 2 atom stereocenters. The van der Waals surface area contributed by atoms with Crippen LogP contribution in [0.2, 0.25) is 0 Å². The van der Waals surface area contributed by atoms with E-state index in [2.05, 4.69) is 34.4 Å². The van der Waals surface area contributed by atoms with Crippen LogP contribution in [-0.4, -0.2) is 34.8 Å². The molecule has 2 saturated heterocycles. The molecule has 0 saturated carbocycles. The molecule has 3 aliphatic rings. The van der Waals surface area contributed by atoms with E-state index >= 15 is 0 Å². The van der Waals surface area contributed by atoms with Gasteiger partial charge in [-0.1, -0.05) is 44.6 Å². The summed E-state index contributed by atoms with van der Waals surface area (Å²) in [4.78, 5) is 59.3. The van der Waals surface area contributed by atoms with Crippen molar-refractivity contribution in [1.82, 2.24) is 21.3 Å². The van der Waals surface area contributed by atoms with E-state index in [-0.39, 0.29) is 35.2 Å². The zero-order valence-corrected chi connectivity index (χ0v) is 20.4. The molecular weight excluding hydrogens is 456 g/mol. The smallest absolute Gasteiger partial charge is 0.302 e. The van der Waals surface area contributed by atoms with Crippen LogP contribution in [0, 0.1) is 22.7 Å². The predicted octanol–water partition coefficient (Wildman–Crippen LogP) is 2.40. The Labute approximate surface area is 204 Å². The van der Waals surface area contributed by atoms with Crippen LogP contribution >= 0.6 is 12.2 Å². The first kappa shape index (κ1) is 27.1. The highest BCUT2D eigenvalue weighted by molar-refractivity contribution is 7.80. The van der Waals surface area contributed by atoms with E-state index in [1.807, 2.05) is 26.0 Å². The SMILES string of the molecule is C=CCC1(C(C)CC)C(=O)NC(=O)NC1=O.C=CCC1(C2C=CCCC2)C(=O)NC(=S)NC1=O. The summed E-state index contributed by atoms with van der Waals surface area (Å²) in [6, 6.07) is -0.752. The number of urea groups is 1. The molecule has 0 aromatic heterocycles. The molecule has 0 aromatic carbocycles. The molecular formula is C24H32N4O5S. The number of nitrogens with one attached hydrogen (secondary N) is 4. The van der Waals surface area contributed by atoms with Crippen LogP contribution in [0.4, 0.5) is 4.79 Å². The molecule has 184 valence electrons. The molecule has 2 fully saturated rings. The number of barbiturate groups is 1. The summed E-state index contributed by atoms with van der Waals surface area (Å²) in [5, 5.41) is 9.50. The van der Waals surface area contributed by atoms with Crippen molar-refractivity contribution in [3.8, 4) is 0 Å². The van der Waals surface area contributed by atoms with Crippen LogP contribution in [0.15, 0.2) is 37.5 Å². The summed E-state index contributed by atoms with van der Waals surface area (Å²) in [5.74, 6) is -1.93. The minimum Gasteiger partial charge on any atom is -0.302 e. The van der Waals surface area contributed by atoms with Gasteiger partial charge in [-0.3, -0.25) is 29.8 Å². The van der Waals surface area contributed by atoms with Crippen molar-refractivity contribution < 1.29 is 24.0 Å². The maximum atomic E-state index is 12.3. The van der Waals surface area contributed by atoms with E-state index in [4.69, 9.17) is 12.2 Å². The van der Waals surface area contributed by atoms with Crippen molar-refractivity contribution in [1.29, 1.82) is 0 Å². The van der Waals surface area contributed by atoms with E-state index < -0.39 is 28.7 Å². The quantitative estimate of drug-likeness (QED) is 0.247. The molecule has 6 amide bonds. The molecule has 9 nitrogen and oxygen atoms in total. The molecule has 2 unspecified atom stereocenters. The van der Waals surface area contributed by atoms with Crippen molar-refractivity contribution in [3.63, 3.8) is 0 Å². The Bertz CT molecular complexity index is 902.